The van der Waals surface area contributed by atoms with Gasteiger partial charge in [-0.3, -0.25) is 0 Å². The van der Waals surface area contributed by atoms with Gasteiger partial charge in [0.15, 0.2) is 0 Å². The number of piperidine rings is 1. The van der Waals surface area contributed by atoms with Crippen molar-refractivity contribution in [2.75, 3.05) is 13.7 Å². The van der Waals surface area contributed by atoms with Crippen molar-refractivity contribution in [1.82, 2.24) is 4.90 Å². The topological polar surface area (TPSA) is 23.5 Å². The number of rotatable bonds is 2. The van der Waals surface area contributed by atoms with Crippen molar-refractivity contribution >= 4 is 11.3 Å². The number of aliphatic hydroxyl groups excluding tert-OH is 1. The molecule has 88 valence electrons. The summed E-state index contributed by atoms with van der Waals surface area (Å²) in [5.41, 5.74) is 0. The molecule has 0 saturated carbocycles. The zero-order valence-corrected chi connectivity index (χ0v) is 10.5. The van der Waals surface area contributed by atoms with E-state index in [4.69, 9.17) is 0 Å². The van der Waals surface area contributed by atoms with E-state index in [9.17, 15) is 5.11 Å². The van der Waals surface area contributed by atoms with Crippen LogP contribution in [0.25, 0.3) is 0 Å². The van der Waals surface area contributed by atoms with E-state index in [2.05, 4.69) is 29.5 Å². The second kappa shape index (κ2) is 4.13. The van der Waals surface area contributed by atoms with Crippen molar-refractivity contribution in [3.05, 3.63) is 22.4 Å². The highest BCUT2D eigenvalue weighted by Crippen LogP contribution is 2.46. The van der Waals surface area contributed by atoms with E-state index >= 15 is 0 Å². The lowest BCUT2D eigenvalue weighted by atomic mass is 9.80. The van der Waals surface area contributed by atoms with Gasteiger partial charge in [0.2, 0.25) is 0 Å². The third kappa shape index (κ3) is 1.53. The zero-order valence-electron chi connectivity index (χ0n) is 9.67. The lowest BCUT2D eigenvalue weighted by molar-refractivity contribution is 0.0602. The van der Waals surface area contributed by atoms with Crippen molar-refractivity contribution in [1.29, 1.82) is 0 Å². The smallest absolute Gasteiger partial charge is 0.0480 e. The summed E-state index contributed by atoms with van der Waals surface area (Å²) in [4.78, 5) is 3.98. The Morgan fingerprint density at radius 1 is 1.50 bits per heavy atom. The molecule has 1 aromatic rings. The van der Waals surface area contributed by atoms with E-state index in [0.29, 0.717) is 24.5 Å². The summed E-state index contributed by atoms with van der Waals surface area (Å²) in [5, 5.41) is 11.8. The molecule has 0 aliphatic carbocycles. The first-order valence-corrected chi connectivity index (χ1v) is 7.05. The average molecular weight is 237 g/mol. The Morgan fingerprint density at radius 3 is 3.06 bits per heavy atom. The molecule has 2 aliphatic heterocycles. The number of thiophene rings is 1. The minimum Gasteiger partial charge on any atom is -0.396 e. The molecule has 2 nitrogen and oxygen atoms in total. The van der Waals surface area contributed by atoms with Gasteiger partial charge >= 0.3 is 0 Å². The molecule has 3 heterocycles. The predicted molar refractivity (Wildman–Crippen MR) is 66.8 cm³/mol. The minimum atomic E-state index is 0.338. The Labute approximate surface area is 101 Å². The molecule has 16 heavy (non-hydrogen) atoms. The SMILES string of the molecule is CN1C2CCC1C(CO)C(c1cccs1)C2. The maximum atomic E-state index is 9.68. The van der Waals surface area contributed by atoms with Gasteiger partial charge in [-0.15, -0.1) is 11.3 Å². The molecule has 4 atom stereocenters. The number of hydrogen-bond donors (Lipinski definition) is 1. The minimum absolute atomic E-state index is 0.338. The van der Waals surface area contributed by atoms with Crippen molar-refractivity contribution in [3.8, 4) is 0 Å². The second-order valence-corrected chi connectivity index (χ2v) is 6.15. The fourth-order valence-electron chi connectivity index (χ4n) is 3.66. The van der Waals surface area contributed by atoms with E-state index < -0.39 is 0 Å². The number of nitrogens with zero attached hydrogens (tertiary/aromatic N) is 1. The summed E-state index contributed by atoms with van der Waals surface area (Å²) >= 11 is 1.85. The molecule has 4 unspecified atom stereocenters. The fraction of sp³-hybridized carbons (Fsp3) is 0.692. The zero-order chi connectivity index (χ0) is 11.1. The van der Waals surface area contributed by atoms with E-state index in [1.165, 1.54) is 24.1 Å². The third-order valence-corrected chi connectivity index (χ3v) is 5.56. The molecule has 0 spiro atoms. The molecule has 1 aromatic heterocycles. The van der Waals surface area contributed by atoms with Crippen LogP contribution in [-0.4, -0.2) is 35.7 Å². The maximum Gasteiger partial charge on any atom is 0.0480 e. The van der Waals surface area contributed by atoms with Gasteiger partial charge in [0.25, 0.3) is 0 Å². The maximum absolute atomic E-state index is 9.68. The lowest BCUT2D eigenvalue weighted by Crippen LogP contribution is -2.46. The number of hydrogen-bond acceptors (Lipinski definition) is 3. The molecule has 1 N–H and O–H groups in total. The van der Waals surface area contributed by atoms with Gasteiger partial charge in [-0.25, -0.2) is 0 Å². The van der Waals surface area contributed by atoms with Crippen molar-refractivity contribution in [2.45, 2.75) is 37.3 Å². The molecule has 2 aliphatic rings. The second-order valence-electron chi connectivity index (χ2n) is 5.17. The Bertz CT molecular complexity index is 351. The van der Waals surface area contributed by atoms with E-state index in [1.807, 2.05) is 11.3 Å². The van der Waals surface area contributed by atoms with Crippen LogP contribution in [0.5, 0.6) is 0 Å². The van der Waals surface area contributed by atoms with Crippen LogP contribution in [0.4, 0.5) is 0 Å². The predicted octanol–water partition coefficient (Wildman–Crippen LogP) is 2.31. The van der Waals surface area contributed by atoms with Gasteiger partial charge in [-0.05, 0) is 37.8 Å². The Hall–Kier alpha value is -0.380. The largest absolute Gasteiger partial charge is 0.396 e. The molecule has 0 radical (unpaired) electrons. The lowest BCUT2D eigenvalue weighted by Gasteiger charge is -2.42. The highest BCUT2D eigenvalue weighted by molar-refractivity contribution is 7.10. The standard InChI is InChI=1S/C13H19NOS/c1-14-9-4-5-12(14)11(8-15)10(7-9)13-3-2-6-16-13/h2-3,6,9-12,15H,4-5,7-8H2,1H3. The van der Waals surface area contributed by atoms with Crippen LogP contribution in [0.2, 0.25) is 0 Å². The van der Waals surface area contributed by atoms with Crippen LogP contribution < -0.4 is 0 Å². The van der Waals surface area contributed by atoms with Gasteiger partial charge in [0.05, 0.1) is 0 Å². The van der Waals surface area contributed by atoms with Crippen LogP contribution >= 0.6 is 11.3 Å². The molecule has 3 heteroatoms. The summed E-state index contributed by atoms with van der Waals surface area (Å²) in [7, 11) is 2.23. The van der Waals surface area contributed by atoms with Crippen LogP contribution in [0.3, 0.4) is 0 Å². The molecular weight excluding hydrogens is 218 g/mol. The van der Waals surface area contributed by atoms with Crippen molar-refractivity contribution < 1.29 is 5.11 Å². The highest BCUT2D eigenvalue weighted by Gasteiger charge is 2.45. The highest BCUT2D eigenvalue weighted by atomic mass is 32.1. The molecule has 3 rings (SSSR count). The quantitative estimate of drug-likeness (QED) is 0.853. The van der Waals surface area contributed by atoms with E-state index in [1.54, 1.807) is 0 Å². The first kappa shape index (κ1) is 10.8. The van der Waals surface area contributed by atoms with Gasteiger partial charge in [0, 0.05) is 35.4 Å². The van der Waals surface area contributed by atoms with Crippen molar-refractivity contribution in [2.24, 2.45) is 5.92 Å². The van der Waals surface area contributed by atoms with Crippen LogP contribution in [0.1, 0.15) is 30.1 Å². The summed E-state index contributed by atoms with van der Waals surface area (Å²) in [6.45, 7) is 0.338. The number of aliphatic hydroxyl groups is 1. The van der Waals surface area contributed by atoms with Gasteiger partial charge in [-0.2, -0.15) is 0 Å². The molecule has 2 fully saturated rings. The van der Waals surface area contributed by atoms with Gasteiger partial charge < -0.3 is 10.0 Å². The molecule has 0 aromatic carbocycles. The molecule has 2 bridgehead atoms. The average Bonchev–Trinajstić information content (AvgIpc) is 2.87. The van der Waals surface area contributed by atoms with Crippen LogP contribution in [-0.2, 0) is 0 Å². The monoisotopic (exact) mass is 237 g/mol. The van der Waals surface area contributed by atoms with E-state index in [-0.39, 0.29) is 0 Å². The normalized spacial score (nSPS) is 39.1. The van der Waals surface area contributed by atoms with Gasteiger partial charge in [-0.1, -0.05) is 6.07 Å². The fourth-order valence-corrected chi connectivity index (χ4v) is 4.57. The summed E-state index contributed by atoms with van der Waals surface area (Å²) in [5.74, 6) is 1.04. The van der Waals surface area contributed by atoms with Crippen molar-refractivity contribution in [3.63, 3.8) is 0 Å². The Balaban J connectivity index is 1.90. The van der Waals surface area contributed by atoms with Crippen LogP contribution in [0, 0.1) is 5.92 Å². The van der Waals surface area contributed by atoms with Crippen LogP contribution in [0.15, 0.2) is 17.5 Å². The number of fused-ring (bicyclic) bond motifs is 2. The summed E-state index contributed by atoms with van der Waals surface area (Å²) < 4.78 is 0. The van der Waals surface area contributed by atoms with E-state index in [0.717, 1.165) is 6.04 Å². The Kier molecular flexibility index (Phi) is 2.78. The first-order chi connectivity index (χ1) is 7.81. The summed E-state index contributed by atoms with van der Waals surface area (Å²) in [6.07, 6.45) is 3.83. The molecule has 0 amide bonds. The molecule has 2 saturated heterocycles. The molecular formula is C13H19NOS. The summed E-state index contributed by atoms with van der Waals surface area (Å²) in [6, 6.07) is 5.73. The Morgan fingerprint density at radius 2 is 2.38 bits per heavy atom. The van der Waals surface area contributed by atoms with Gasteiger partial charge in [0.1, 0.15) is 0 Å². The first-order valence-electron chi connectivity index (χ1n) is 6.17. The third-order valence-electron chi connectivity index (χ3n) is 4.55.